The highest BCUT2D eigenvalue weighted by Crippen LogP contribution is 2.42. The zero-order chi connectivity index (χ0) is 35.5. The van der Waals surface area contributed by atoms with Crippen molar-refractivity contribution in [1.82, 2.24) is 4.72 Å². The zero-order valence-electron chi connectivity index (χ0n) is 29.7. The Morgan fingerprint density at radius 3 is 2.54 bits per heavy atom. The molecule has 1 saturated carbocycles. The van der Waals surface area contributed by atoms with Crippen LogP contribution in [0.3, 0.4) is 0 Å². The summed E-state index contributed by atoms with van der Waals surface area (Å²) in [6.07, 6.45) is 9.58. The molecule has 10 nitrogen and oxygen atoms in total. The molecule has 276 valence electrons. The first-order valence-corrected chi connectivity index (χ1v) is 19.9. The summed E-state index contributed by atoms with van der Waals surface area (Å²) in [6.45, 7) is 8.57. The second-order valence-electron chi connectivity index (χ2n) is 13.7. The Hall–Kier alpha value is -2.67. The minimum absolute atomic E-state index is 0.117. The monoisotopic (exact) mass is 733 g/mol. The minimum atomic E-state index is -3.69. The molecular formula is C38H54ClN2O8S+. The maximum Gasteiger partial charge on any atom is 0.371 e. The van der Waals surface area contributed by atoms with Gasteiger partial charge < -0.3 is 28.6 Å². The largest absolute Gasteiger partial charge is 0.487 e. The summed E-state index contributed by atoms with van der Waals surface area (Å²) in [5.74, 6) is 0.600. The number of ether oxygens (including phenoxy) is 5. The van der Waals surface area contributed by atoms with Crippen LogP contribution in [0.2, 0.25) is 5.02 Å². The van der Waals surface area contributed by atoms with Crippen LogP contribution in [0.5, 0.6) is 5.75 Å². The lowest BCUT2D eigenvalue weighted by molar-refractivity contribution is -0.0442. The molecule has 12 heteroatoms. The number of aryl methyl sites for hydroxylation is 1. The fourth-order valence-corrected chi connectivity index (χ4v) is 8.37. The van der Waals surface area contributed by atoms with Crippen LogP contribution in [-0.4, -0.2) is 85.5 Å². The van der Waals surface area contributed by atoms with Crippen molar-refractivity contribution < 1.29 is 36.9 Å². The fraction of sp³-hybridized carbons (Fsp3) is 0.605. The molecule has 0 aromatic heterocycles. The van der Waals surface area contributed by atoms with E-state index in [1.165, 1.54) is 5.56 Å². The number of nitrogens with zero attached hydrogens (tertiary/aromatic N) is 1. The van der Waals surface area contributed by atoms with Crippen LogP contribution in [0, 0.1) is 17.8 Å². The lowest BCUT2D eigenvalue weighted by atomic mass is 9.70. The predicted molar refractivity (Wildman–Crippen MR) is 197 cm³/mol. The van der Waals surface area contributed by atoms with Gasteiger partial charge in [0.25, 0.3) is 5.91 Å². The van der Waals surface area contributed by atoms with Crippen molar-refractivity contribution in [3.05, 3.63) is 70.3 Å². The average Bonchev–Trinajstić information content (AvgIpc) is 3.11. The number of fused-ring (bicyclic) bond motifs is 3. The molecule has 0 saturated heterocycles. The second kappa shape index (κ2) is 18.7. The van der Waals surface area contributed by atoms with E-state index >= 15 is 0 Å². The van der Waals surface area contributed by atoms with E-state index in [9.17, 15) is 13.2 Å². The van der Waals surface area contributed by atoms with Crippen molar-refractivity contribution in [3.8, 4) is 5.75 Å². The number of hydrogen-bond acceptors (Lipinski definition) is 8. The molecule has 1 unspecified atom stereocenters. The van der Waals surface area contributed by atoms with Gasteiger partial charge in [-0.2, -0.15) is 4.21 Å². The summed E-state index contributed by atoms with van der Waals surface area (Å²) >= 11 is 6.36. The number of hydrogen-bond donors (Lipinski definition) is 1. The van der Waals surface area contributed by atoms with Gasteiger partial charge in [0.05, 0.1) is 51.4 Å². The Morgan fingerprint density at radius 1 is 1.00 bits per heavy atom. The molecule has 2 heterocycles. The number of nitrogens with one attached hydrogen (secondary N) is 1. The quantitative estimate of drug-likeness (QED) is 0.171. The highest BCUT2D eigenvalue weighted by molar-refractivity contribution is 7.90. The third-order valence-electron chi connectivity index (χ3n) is 10.3. The second-order valence-corrected chi connectivity index (χ2v) is 16.2. The first kappa shape index (κ1) is 38.6. The zero-order valence-corrected chi connectivity index (χ0v) is 31.2. The number of carbonyl (C=O) groups excluding carboxylic acids is 1. The van der Waals surface area contributed by atoms with E-state index in [1.54, 1.807) is 20.1 Å². The maximum atomic E-state index is 13.5. The molecular weight excluding hydrogens is 680 g/mol. The summed E-state index contributed by atoms with van der Waals surface area (Å²) in [4.78, 5) is 15.9. The van der Waals surface area contributed by atoms with Crippen molar-refractivity contribution in [2.75, 3.05) is 64.7 Å². The van der Waals surface area contributed by atoms with Gasteiger partial charge in [-0.25, -0.2) is 8.93 Å². The summed E-state index contributed by atoms with van der Waals surface area (Å²) in [5, 5.41) is 0.0397. The van der Waals surface area contributed by atoms with Crippen LogP contribution in [-0.2, 0) is 42.0 Å². The van der Waals surface area contributed by atoms with Crippen molar-refractivity contribution in [1.29, 1.82) is 0 Å². The summed E-state index contributed by atoms with van der Waals surface area (Å²) in [7, 11) is -2.04. The van der Waals surface area contributed by atoms with Crippen molar-refractivity contribution in [3.63, 3.8) is 0 Å². The van der Waals surface area contributed by atoms with Gasteiger partial charge in [-0.1, -0.05) is 36.7 Å². The normalized spacial score (nSPS) is 28.2. The van der Waals surface area contributed by atoms with Gasteiger partial charge >= 0.3 is 10.0 Å². The van der Waals surface area contributed by atoms with E-state index < -0.39 is 21.2 Å². The van der Waals surface area contributed by atoms with Gasteiger partial charge in [-0.05, 0) is 105 Å². The van der Waals surface area contributed by atoms with E-state index in [0.29, 0.717) is 80.8 Å². The van der Waals surface area contributed by atoms with E-state index in [2.05, 4.69) is 21.8 Å². The molecule has 1 aliphatic carbocycles. The fourth-order valence-electron chi connectivity index (χ4n) is 6.86. The molecule has 2 aromatic rings. The molecule has 2 bridgehead atoms. The van der Waals surface area contributed by atoms with Gasteiger partial charge in [0, 0.05) is 30.8 Å². The van der Waals surface area contributed by atoms with Crippen LogP contribution in [0.4, 0.5) is 5.69 Å². The smallest absolute Gasteiger partial charge is 0.371 e. The summed E-state index contributed by atoms with van der Waals surface area (Å²) in [6, 6.07) is 11.2. The topological polar surface area (TPSA) is 117 Å². The highest BCUT2D eigenvalue weighted by Gasteiger charge is 2.39. The number of amides is 1. The lowest BCUT2D eigenvalue weighted by Crippen LogP contribution is -2.44. The molecule has 1 fully saturated rings. The SMILES string of the molecule is COCCOCCOCCO[C@H]1/C=C/C[C@H](C)[C@@H](C)S(=O)(=[OH+])NC(=O)c2ccc3c(c2)N(CCCCc2cc(Cl)ccc2CO3)C[C@@H]2CC[C@H]21. The Kier molecular flexibility index (Phi) is 14.4. The van der Waals surface area contributed by atoms with E-state index in [0.717, 1.165) is 56.4 Å². The predicted octanol–water partition coefficient (Wildman–Crippen LogP) is 6.35. The molecule has 3 aliphatic rings. The standard InChI is InChI=1S/C38H53ClN2O8S/c1-27-7-6-9-36(48-22-21-47-20-19-46-18-17-45-3)34-14-11-31(34)25-41-16-5-4-8-29-23-33(39)13-10-32(29)26-49-37-15-12-30(24-35(37)41)38(42)40-50(43,44)28(27)2/h6,9-10,12-13,15,23-24,27-28,31,34,36H,4-5,7-8,11,14,16-22,25-26H2,1-3H3,(H,40,42,43,44)/p+1/b9-6+/t27-,28+,31-,34+,36-/m0/s1. The van der Waals surface area contributed by atoms with Crippen LogP contribution in [0.15, 0.2) is 48.6 Å². The van der Waals surface area contributed by atoms with Crippen molar-refractivity contribution >= 4 is 33.2 Å². The van der Waals surface area contributed by atoms with Crippen LogP contribution in [0.25, 0.3) is 0 Å². The molecule has 5 rings (SSSR count). The van der Waals surface area contributed by atoms with Crippen molar-refractivity contribution in [2.24, 2.45) is 17.8 Å². The van der Waals surface area contributed by atoms with Gasteiger partial charge in [-0.15, -0.1) is 0 Å². The van der Waals surface area contributed by atoms with Crippen molar-refractivity contribution in [2.45, 2.75) is 70.3 Å². The highest BCUT2D eigenvalue weighted by atomic mass is 35.5. The molecule has 50 heavy (non-hydrogen) atoms. The molecule has 6 atom stereocenters. The molecule has 0 spiro atoms. The maximum absolute atomic E-state index is 13.5. The Bertz CT molecular complexity index is 1550. The number of allylic oxidation sites excluding steroid dienone is 1. The number of anilines is 1. The van der Waals surface area contributed by atoms with E-state index in [1.807, 2.05) is 37.3 Å². The number of carbonyl (C=O) groups is 1. The number of benzene rings is 2. The molecule has 0 radical (unpaired) electrons. The summed E-state index contributed by atoms with van der Waals surface area (Å²) in [5.41, 5.74) is 3.40. The van der Waals surface area contributed by atoms with Gasteiger partial charge in [0.15, 0.2) is 0 Å². The summed E-state index contributed by atoms with van der Waals surface area (Å²) < 4.78 is 56.2. The Morgan fingerprint density at radius 2 is 1.78 bits per heavy atom. The average molecular weight is 734 g/mol. The van der Waals surface area contributed by atoms with Crippen LogP contribution < -0.4 is 14.4 Å². The third-order valence-corrected chi connectivity index (χ3v) is 12.5. The molecule has 2 aliphatic heterocycles. The third kappa shape index (κ3) is 10.4. The molecule has 2 aromatic carbocycles. The molecule has 1 amide bonds. The number of halogens is 1. The number of methoxy groups -OCH3 is 1. The number of rotatable bonds is 10. The van der Waals surface area contributed by atoms with Gasteiger partial charge in [0.1, 0.15) is 17.6 Å². The minimum Gasteiger partial charge on any atom is -0.487 e. The van der Waals surface area contributed by atoms with Gasteiger partial charge in [-0.3, -0.25) is 4.79 Å². The van der Waals surface area contributed by atoms with Gasteiger partial charge in [0.2, 0.25) is 0 Å². The first-order chi connectivity index (χ1) is 24.2. The van der Waals surface area contributed by atoms with E-state index in [-0.39, 0.29) is 12.0 Å². The van der Waals surface area contributed by atoms with Crippen LogP contribution in [0.1, 0.15) is 67.4 Å². The van der Waals surface area contributed by atoms with Crippen LogP contribution >= 0.6 is 11.6 Å². The Labute approximate surface area is 302 Å². The molecule has 2 N–H and O–H groups in total. The first-order valence-electron chi connectivity index (χ1n) is 18.0. The van der Waals surface area contributed by atoms with E-state index in [4.69, 9.17) is 35.3 Å². The lowest BCUT2D eigenvalue weighted by Gasteiger charge is -2.44. The Balaban J connectivity index is 1.40.